The van der Waals surface area contributed by atoms with Crippen molar-refractivity contribution in [1.82, 2.24) is 5.32 Å². The molecule has 0 bridgehead atoms. The van der Waals surface area contributed by atoms with Gasteiger partial charge in [0.15, 0.2) is 11.5 Å². The molecule has 5 nitrogen and oxygen atoms in total. The van der Waals surface area contributed by atoms with Crippen molar-refractivity contribution in [3.05, 3.63) is 23.8 Å². The van der Waals surface area contributed by atoms with Crippen molar-refractivity contribution < 1.29 is 19.3 Å². The predicted octanol–water partition coefficient (Wildman–Crippen LogP) is 1.26. The first-order valence-corrected chi connectivity index (χ1v) is 7.16. The normalized spacial score (nSPS) is 26.5. The Morgan fingerprint density at radius 1 is 1.25 bits per heavy atom. The highest BCUT2D eigenvalue weighted by atomic mass is 16.6. The molecule has 0 saturated carbocycles. The second-order valence-electron chi connectivity index (χ2n) is 5.30. The van der Waals surface area contributed by atoms with Gasteiger partial charge in [0, 0.05) is 19.2 Å². The first kappa shape index (κ1) is 13.7. The number of nitrogens with one attached hydrogen (secondary N) is 1. The summed E-state index contributed by atoms with van der Waals surface area (Å²) in [6.45, 7) is 4.50. The Balaban J connectivity index is 1.60. The Hall–Kier alpha value is -1.30. The van der Waals surface area contributed by atoms with Crippen molar-refractivity contribution in [2.75, 3.05) is 26.4 Å². The number of hydrogen-bond acceptors (Lipinski definition) is 5. The Bertz CT molecular complexity index is 465. The Morgan fingerprint density at radius 2 is 2.05 bits per heavy atom. The van der Waals surface area contributed by atoms with Gasteiger partial charge in [0.1, 0.15) is 13.2 Å². The zero-order chi connectivity index (χ0) is 13.9. The lowest BCUT2D eigenvalue weighted by Crippen LogP contribution is -2.37. The zero-order valence-corrected chi connectivity index (χ0v) is 11.7. The molecule has 1 aromatic carbocycles. The third kappa shape index (κ3) is 2.90. The van der Waals surface area contributed by atoms with Gasteiger partial charge >= 0.3 is 0 Å². The summed E-state index contributed by atoms with van der Waals surface area (Å²) in [7, 11) is 0. The van der Waals surface area contributed by atoms with E-state index in [0.29, 0.717) is 31.5 Å². The smallest absolute Gasteiger partial charge is 0.161 e. The van der Waals surface area contributed by atoms with E-state index in [4.69, 9.17) is 14.2 Å². The molecule has 1 fully saturated rings. The van der Waals surface area contributed by atoms with Crippen molar-refractivity contribution in [3.8, 4) is 11.5 Å². The Labute approximate surface area is 118 Å². The quantitative estimate of drug-likeness (QED) is 0.869. The van der Waals surface area contributed by atoms with Crippen LogP contribution in [0.25, 0.3) is 0 Å². The van der Waals surface area contributed by atoms with Gasteiger partial charge in [-0.15, -0.1) is 0 Å². The summed E-state index contributed by atoms with van der Waals surface area (Å²) in [4.78, 5) is 0. The summed E-state index contributed by atoms with van der Waals surface area (Å²) < 4.78 is 16.5. The van der Waals surface area contributed by atoms with Crippen molar-refractivity contribution >= 4 is 0 Å². The van der Waals surface area contributed by atoms with E-state index < -0.39 is 6.10 Å². The molecule has 3 unspecified atom stereocenters. The van der Waals surface area contributed by atoms with E-state index in [9.17, 15) is 5.11 Å². The van der Waals surface area contributed by atoms with Crippen LogP contribution in [0.5, 0.6) is 11.5 Å². The SMILES string of the molecule is CC1OCCC1NCC(O)c1ccc2c(c1)OCCO2. The van der Waals surface area contributed by atoms with Gasteiger partial charge in [-0.25, -0.2) is 0 Å². The van der Waals surface area contributed by atoms with Gasteiger partial charge < -0.3 is 24.6 Å². The number of rotatable bonds is 4. The highest BCUT2D eigenvalue weighted by molar-refractivity contribution is 5.44. The highest BCUT2D eigenvalue weighted by Crippen LogP contribution is 2.32. The molecule has 2 heterocycles. The van der Waals surface area contributed by atoms with E-state index >= 15 is 0 Å². The lowest BCUT2D eigenvalue weighted by Gasteiger charge is -2.22. The largest absolute Gasteiger partial charge is 0.486 e. The van der Waals surface area contributed by atoms with Crippen molar-refractivity contribution in [2.24, 2.45) is 0 Å². The number of aliphatic hydroxyl groups is 1. The van der Waals surface area contributed by atoms with Gasteiger partial charge in [-0.2, -0.15) is 0 Å². The minimum absolute atomic E-state index is 0.211. The third-order valence-corrected chi connectivity index (χ3v) is 3.90. The predicted molar refractivity (Wildman–Crippen MR) is 74.2 cm³/mol. The topological polar surface area (TPSA) is 60.0 Å². The molecule has 0 aliphatic carbocycles. The van der Waals surface area contributed by atoms with Crippen LogP contribution in [0, 0.1) is 0 Å². The average Bonchev–Trinajstić information content (AvgIpc) is 2.89. The maximum atomic E-state index is 10.3. The number of ether oxygens (including phenoxy) is 3. The molecule has 1 saturated heterocycles. The first-order chi connectivity index (χ1) is 9.74. The Kier molecular flexibility index (Phi) is 4.10. The van der Waals surface area contributed by atoms with Crippen molar-refractivity contribution in [3.63, 3.8) is 0 Å². The molecule has 3 rings (SSSR count). The molecule has 110 valence electrons. The standard InChI is InChI=1S/C15H21NO4/c1-10-12(4-5-18-10)16-9-13(17)11-2-3-14-15(8-11)20-7-6-19-14/h2-3,8,10,12-13,16-17H,4-7,9H2,1H3. The van der Waals surface area contributed by atoms with Crippen molar-refractivity contribution in [2.45, 2.75) is 31.6 Å². The second kappa shape index (κ2) is 5.99. The zero-order valence-electron chi connectivity index (χ0n) is 11.7. The fraction of sp³-hybridized carbons (Fsp3) is 0.600. The molecule has 0 radical (unpaired) electrons. The summed E-state index contributed by atoms with van der Waals surface area (Å²) >= 11 is 0. The summed E-state index contributed by atoms with van der Waals surface area (Å²) in [6.07, 6.45) is 0.649. The summed E-state index contributed by atoms with van der Waals surface area (Å²) in [5, 5.41) is 13.6. The van der Waals surface area contributed by atoms with E-state index in [0.717, 1.165) is 24.3 Å². The second-order valence-corrected chi connectivity index (χ2v) is 5.30. The van der Waals surface area contributed by atoms with E-state index in [1.54, 1.807) is 0 Å². The maximum Gasteiger partial charge on any atom is 0.161 e. The molecule has 0 spiro atoms. The minimum atomic E-state index is -0.557. The van der Waals surface area contributed by atoms with Crippen LogP contribution in [0.3, 0.4) is 0 Å². The monoisotopic (exact) mass is 279 g/mol. The van der Waals surface area contributed by atoms with Gasteiger partial charge in [-0.1, -0.05) is 6.07 Å². The van der Waals surface area contributed by atoms with E-state index in [2.05, 4.69) is 12.2 Å². The van der Waals surface area contributed by atoms with Crippen LogP contribution < -0.4 is 14.8 Å². The number of benzene rings is 1. The highest BCUT2D eigenvalue weighted by Gasteiger charge is 2.24. The number of hydrogen-bond donors (Lipinski definition) is 2. The molecule has 0 amide bonds. The molecule has 0 aromatic heterocycles. The fourth-order valence-corrected chi connectivity index (χ4v) is 2.65. The van der Waals surface area contributed by atoms with Crippen LogP contribution >= 0.6 is 0 Å². The van der Waals surface area contributed by atoms with Crippen LogP contribution in [-0.2, 0) is 4.74 Å². The van der Waals surface area contributed by atoms with Crippen LogP contribution in [0.4, 0.5) is 0 Å². The molecule has 2 aliphatic heterocycles. The van der Waals surface area contributed by atoms with Crippen LogP contribution in [0.15, 0.2) is 18.2 Å². The summed E-state index contributed by atoms with van der Waals surface area (Å²) in [6, 6.07) is 5.92. The van der Waals surface area contributed by atoms with E-state index in [1.807, 2.05) is 18.2 Å². The molecule has 5 heteroatoms. The Morgan fingerprint density at radius 3 is 2.80 bits per heavy atom. The van der Waals surface area contributed by atoms with Gasteiger partial charge in [0.2, 0.25) is 0 Å². The third-order valence-electron chi connectivity index (χ3n) is 3.90. The molecule has 3 atom stereocenters. The summed E-state index contributed by atoms with van der Waals surface area (Å²) in [5.41, 5.74) is 0.841. The summed E-state index contributed by atoms with van der Waals surface area (Å²) in [5.74, 6) is 1.46. The molecule has 20 heavy (non-hydrogen) atoms. The van der Waals surface area contributed by atoms with Gasteiger partial charge in [-0.3, -0.25) is 0 Å². The van der Waals surface area contributed by atoms with Crippen molar-refractivity contribution in [1.29, 1.82) is 0 Å². The van der Waals surface area contributed by atoms with Gasteiger partial charge in [0.25, 0.3) is 0 Å². The lowest BCUT2D eigenvalue weighted by molar-refractivity contribution is 0.107. The lowest BCUT2D eigenvalue weighted by atomic mass is 10.1. The van der Waals surface area contributed by atoms with Gasteiger partial charge in [0.05, 0.1) is 12.2 Å². The van der Waals surface area contributed by atoms with Crippen LogP contribution in [0.2, 0.25) is 0 Å². The molecule has 2 aliphatic rings. The van der Waals surface area contributed by atoms with E-state index in [1.165, 1.54) is 0 Å². The molecule has 2 N–H and O–H groups in total. The van der Waals surface area contributed by atoms with E-state index in [-0.39, 0.29) is 6.10 Å². The van der Waals surface area contributed by atoms with Crippen LogP contribution in [-0.4, -0.2) is 43.6 Å². The molecular weight excluding hydrogens is 258 g/mol. The first-order valence-electron chi connectivity index (χ1n) is 7.16. The minimum Gasteiger partial charge on any atom is -0.486 e. The fourth-order valence-electron chi connectivity index (χ4n) is 2.65. The number of fused-ring (bicyclic) bond motifs is 1. The maximum absolute atomic E-state index is 10.3. The molecule has 1 aromatic rings. The van der Waals surface area contributed by atoms with Crippen LogP contribution in [0.1, 0.15) is 25.0 Å². The van der Waals surface area contributed by atoms with Gasteiger partial charge in [-0.05, 0) is 31.0 Å². The molecular formula is C15H21NO4. The average molecular weight is 279 g/mol. The number of aliphatic hydroxyl groups excluding tert-OH is 1.